The maximum atomic E-state index is 12.5. The summed E-state index contributed by atoms with van der Waals surface area (Å²) >= 11 is 0. The minimum atomic E-state index is -0.905. The van der Waals surface area contributed by atoms with Gasteiger partial charge in [0.05, 0.1) is 6.04 Å². The van der Waals surface area contributed by atoms with E-state index in [1.165, 1.54) is 10.5 Å². The highest BCUT2D eigenvalue weighted by Gasteiger charge is 2.36. The molecule has 0 aliphatic carbocycles. The highest BCUT2D eigenvalue weighted by molar-refractivity contribution is 5.87. The van der Waals surface area contributed by atoms with Crippen LogP contribution in [0.5, 0.6) is 0 Å². The average molecular weight is 305 g/mol. The van der Waals surface area contributed by atoms with Crippen LogP contribution in [-0.2, 0) is 16.0 Å². The second-order valence-electron chi connectivity index (χ2n) is 5.79. The van der Waals surface area contributed by atoms with Crippen molar-refractivity contribution in [1.82, 2.24) is 14.8 Å². The highest BCUT2D eigenvalue weighted by atomic mass is 16.4. The van der Waals surface area contributed by atoms with E-state index in [1.54, 1.807) is 12.4 Å². The van der Waals surface area contributed by atoms with Crippen LogP contribution in [0.2, 0.25) is 0 Å². The van der Waals surface area contributed by atoms with E-state index in [0.717, 1.165) is 19.4 Å². The van der Waals surface area contributed by atoms with Crippen molar-refractivity contribution in [2.75, 3.05) is 20.1 Å². The molecule has 22 heavy (non-hydrogen) atoms. The summed E-state index contributed by atoms with van der Waals surface area (Å²) in [7, 11) is 1.90. The number of hydrogen-bond acceptors (Lipinski definition) is 4. The first-order chi connectivity index (χ1) is 10.5. The minimum Gasteiger partial charge on any atom is -0.480 e. The number of nitrogens with zero attached hydrogens (tertiary/aromatic N) is 3. The molecule has 1 aromatic rings. The average Bonchev–Trinajstić information content (AvgIpc) is 3.02. The summed E-state index contributed by atoms with van der Waals surface area (Å²) in [4.78, 5) is 31.2. The molecule has 1 N–H and O–H groups in total. The number of pyridine rings is 1. The standard InChI is InChI=1S/C16H23N3O3/c1-12(15(20)19-10-3-4-14(19)16(21)22)18(2)11-7-13-5-8-17-9-6-13/h5-6,8-9,12,14H,3-4,7,10-11H2,1-2H3,(H,21,22). The van der Waals surface area contributed by atoms with Crippen LogP contribution in [0.15, 0.2) is 24.5 Å². The van der Waals surface area contributed by atoms with Crippen LogP contribution in [0.3, 0.4) is 0 Å². The lowest BCUT2D eigenvalue weighted by Gasteiger charge is -2.30. The van der Waals surface area contributed by atoms with Gasteiger partial charge in [0.1, 0.15) is 6.04 Å². The molecule has 0 radical (unpaired) electrons. The van der Waals surface area contributed by atoms with E-state index in [9.17, 15) is 14.7 Å². The fourth-order valence-corrected chi connectivity index (χ4v) is 2.76. The Morgan fingerprint density at radius 2 is 2.14 bits per heavy atom. The van der Waals surface area contributed by atoms with E-state index >= 15 is 0 Å². The molecule has 1 aromatic heterocycles. The Bertz CT molecular complexity index is 521. The van der Waals surface area contributed by atoms with Gasteiger partial charge in [0, 0.05) is 25.5 Å². The minimum absolute atomic E-state index is 0.0953. The molecule has 6 nitrogen and oxygen atoms in total. The van der Waals surface area contributed by atoms with Crippen LogP contribution in [-0.4, -0.2) is 64.0 Å². The second-order valence-corrected chi connectivity index (χ2v) is 5.79. The van der Waals surface area contributed by atoms with Gasteiger partial charge in [-0.05, 0) is 50.9 Å². The molecule has 1 saturated heterocycles. The van der Waals surface area contributed by atoms with Crippen LogP contribution in [0.25, 0.3) is 0 Å². The molecular weight excluding hydrogens is 282 g/mol. The van der Waals surface area contributed by atoms with Crippen molar-refractivity contribution in [1.29, 1.82) is 0 Å². The van der Waals surface area contributed by atoms with Crippen LogP contribution in [0, 0.1) is 0 Å². The van der Waals surface area contributed by atoms with Gasteiger partial charge < -0.3 is 10.0 Å². The van der Waals surface area contributed by atoms with Crippen LogP contribution in [0.1, 0.15) is 25.3 Å². The molecule has 1 aliphatic heterocycles. The zero-order chi connectivity index (χ0) is 16.1. The van der Waals surface area contributed by atoms with Gasteiger partial charge in [0.15, 0.2) is 0 Å². The Kier molecular flexibility index (Phi) is 5.49. The summed E-state index contributed by atoms with van der Waals surface area (Å²) in [6, 6.07) is 2.94. The number of amides is 1. The van der Waals surface area contributed by atoms with Gasteiger partial charge >= 0.3 is 5.97 Å². The third-order valence-electron chi connectivity index (χ3n) is 4.34. The lowest BCUT2D eigenvalue weighted by Crippen LogP contribution is -2.49. The van der Waals surface area contributed by atoms with Crippen molar-refractivity contribution in [3.63, 3.8) is 0 Å². The van der Waals surface area contributed by atoms with Gasteiger partial charge in [-0.25, -0.2) is 4.79 Å². The quantitative estimate of drug-likeness (QED) is 0.849. The molecule has 2 unspecified atom stereocenters. The first kappa shape index (κ1) is 16.4. The first-order valence-corrected chi connectivity index (χ1v) is 7.63. The molecule has 1 fully saturated rings. The highest BCUT2D eigenvalue weighted by Crippen LogP contribution is 2.19. The van der Waals surface area contributed by atoms with Crippen LogP contribution >= 0.6 is 0 Å². The molecule has 0 aromatic carbocycles. The SMILES string of the molecule is CC(C(=O)N1CCCC1C(=O)O)N(C)CCc1ccncc1. The summed E-state index contributed by atoms with van der Waals surface area (Å²) in [5.41, 5.74) is 1.17. The zero-order valence-electron chi connectivity index (χ0n) is 13.1. The van der Waals surface area contributed by atoms with Crippen molar-refractivity contribution < 1.29 is 14.7 Å². The van der Waals surface area contributed by atoms with Gasteiger partial charge in [-0.3, -0.25) is 14.7 Å². The second kappa shape index (κ2) is 7.35. The van der Waals surface area contributed by atoms with E-state index in [-0.39, 0.29) is 11.9 Å². The largest absolute Gasteiger partial charge is 0.480 e. The van der Waals surface area contributed by atoms with Crippen molar-refractivity contribution in [3.05, 3.63) is 30.1 Å². The predicted octanol–water partition coefficient (Wildman–Crippen LogP) is 1.02. The summed E-state index contributed by atoms with van der Waals surface area (Å²) in [6.45, 7) is 3.12. The normalized spacial score (nSPS) is 19.4. The third kappa shape index (κ3) is 3.82. The number of rotatable bonds is 6. The number of carboxylic acid groups (broad SMARTS) is 1. The maximum Gasteiger partial charge on any atom is 0.326 e. The molecule has 0 saturated carbocycles. The van der Waals surface area contributed by atoms with Crippen molar-refractivity contribution in [2.45, 2.75) is 38.3 Å². The van der Waals surface area contributed by atoms with E-state index in [4.69, 9.17) is 0 Å². The molecule has 1 aliphatic rings. The molecule has 120 valence electrons. The summed E-state index contributed by atoms with van der Waals surface area (Å²) in [6.07, 6.45) is 5.65. The van der Waals surface area contributed by atoms with E-state index < -0.39 is 12.0 Å². The van der Waals surface area contributed by atoms with Gasteiger partial charge in [-0.15, -0.1) is 0 Å². The van der Waals surface area contributed by atoms with Crippen molar-refractivity contribution in [3.8, 4) is 0 Å². The number of aromatic nitrogens is 1. The van der Waals surface area contributed by atoms with Gasteiger partial charge in [-0.1, -0.05) is 0 Å². The van der Waals surface area contributed by atoms with Crippen LogP contribution in [0.4, 0.5) is 0 Å². The molecule has 6 heteroatoms. The molecule has 1 amide bonds. The first-order valence-electron chi connectivity index (χ1n) is 7.63. The topological polar surface area (TPSA) is 73.7 Å². The Hall–Kier alpha value is -1.95. The molecule has 2 atom stereocenters. The number of carboxylic acids is 1. The molecular formula is C16H23N3O3. The summed E-state index contributed by atoms with van der Waals surface area (Å²) < 4.78 is 0. The fraction of sp³-hybridized carbons (Fsp3) is 0.562. The zero-order valence-corrected chi connectivity index (χ0v) is 13.1. The monoisotopic (exact) mass is 305 g/mol. The number of hydrogen-bond donors (Lipinski definition) is 1. The number of carbonyl (C=O) groups is 2. The lowest BCUT2D eigenvalue weighted by atomic mass is 10.1. The lowest BCUT2D eigenvalue weighted by molar-refractivity contribution is -0.150. The molecule has 2 heterocycles. The van der Waals surface area contributed by atoms with E-state index in [0.29, 0.717) is 13.0 Å². The van der Waals surface area contributed by atoms with E-state index in [1.807, 2.05) is 31.0 Å². The fourth-order valence-electron chi connectivity index (χ4n) is 2.76. The van der Waals surface area contributed by atoms with Gasteiger partial charge in [0.25, 0.3) is 0 Å². The van der Waals surface area contributed by atoms with E-state index in [2.05, 4.69) is 4.98 Å². The van der Waals surface area contributed by atoms with Crippen molar-refractivity contribution >= 4 is 11.9 Å². The van der Waals surface area contributed by atoms with Gasteiger partial charge in [-0.2, -0.15) is 0 Å². The molecule has 0 spiro atoms. The van der Waals surface area contributed by atoms with Gasteiger partial charge in [0.2, 0.25) is 5.91 Å². The van der Waals surface area contributed by atoms with Crippen LogP contribution < -0.4 is 0 Å². The smallest absolute Gasteiger partial charge is 0.326 e. The predicted molar refractivity (Wildman–Crippen MR) is 82.4 cm³/mol. The molecule has 2 rings (SSSR count). The third-order valence-corrected chi connectivity index (χ3v) is 4.34. The number of likely N-dealkylation sites (tertiary alicyclic amines) is 1. The Morgan fingerprint density at radius 1 is 1.45 bits per heavy atom. The Morgan fingerprint density at radius 3 is 2.77 bits per heavy atom. The summed E-state index contributed by atoms with van der Waals surface area (Å²) in [5.74, 6) is -1.00. The maximum absolute atomic E-state index is 12.5. The Balaban J connectivity index is 1.90. The number of likely N-dealkylation sites (N-methyl/N-ethyl adjacent to an activating group) is 1. The summed E-state index contributed by atoms with van der Waals surface area (Å²) in [5, 5.41) is 9.19. The Labute approximate surface area is 130 Å². The number of aliphatic carboxylic acids is 1. The number of carbonyl (C=O) groups excluding carboxylic acids is 1. The molecule has 0 bridgehead atoms. The van der Waals surface area contributed by atoms with Crippen molar-refractivity contribution in [2.24, 2.45) is 0 Å².